The summed E-state index contributed by atoms with van der Waals surface area (Å²) in [4.78, 5) is 38.2. The molecule has 67 heavy (non-hydrogen) atoms. The lowest BCUT2D eigenvalue weighted by atomic mass is 10.0. The van der Waals surface area contributed by atoms with Gasteiger partial charge in [0, 0.05) is 19.3 Å². The minimum Gasteiger partial charge on any atom is -0.462 e. The molecular formula is C61H118O6. The summed E-state index contributed by atoms with van der Waals surface area (Å²) in [5.41, 5.74) is 0. The summed E-state index contributed by atoms with van der Waals surface area (Å²) in [6.07, 6.45) is 58.1. The van der Waals surface area contributed by atoms with Gasteiger partial charge in [0.1, 0.15) is 13.2 Å². The summed E-state index contributed by atoms with van der Waals surface area (Å²) in [7, 11) is 0. The first-order valence-electron chi connectivity index (χ1n) is 30.2. The van der Waals surface area contributed by atoms with E-state index in [9.17, 15) is 14.4 Å². The van der Waals surface area contributed by atoms with E-state index in [1.54, 1.807) is 0 Å². The van der Waals surface area contributed by atoms with Crippen molar-refractivity contribution < 1.29 is 28.6 Å². The highest BCUT2D eigenvalue weighted by Gasteiger charge is 2.19. The predicted octanol–water partition coefficient (Wildman–Crippen LogP) is 20.0. The van der Waals surface area contributed by atoms with Gasteiger partial charge in [0.15, 0.2) is 6.10 Å². The fourth-order valence-electron chi connectivity index (χ4n) is 9.40. The maximum Gasteiger partial charge on any atom is 0.306 e. The van der Waals surface area contributed by atoms with Crippen molar-refractivity contribution >= 4 is 17.9 Å². The van der Waals surface area contributed by atoms with Crippen molar-refractivity contribution in [2.45, 2.75) is 349 Å². The monoisotopic (exact) mass is 947 g/mol. The van der Waals surface area contributed by atoms with Gasteiger partial charge in [-0.2, -0.15) is 0 Å². The van der Waals surface area contributed by atoms with Crippen LogP contribution in [0.25, 0.3) is 0 Å². The van der Waals surface area contributed by atoms with Gasteiger partial charge in [0.2, 0.25) is 0 Å². The zero-order valence-electron chi connectivity index (χ0n) is 46.0. The number of unbranched alkanes of at least 4 members (excludes halogenated alkanes) is 40. The van der Waals surface area contributed by atoms with E-state index in [0.717, 1.165) is 69.6 Å². The molecule has 0 heterocycles. The number of esters is 3. The quantitative estimate of drug-likeness (QED) is 0.0343. The Bertz CT molecular complexity index is 1020. The molecule has 0 N–H and O–H groups in total. The Balaban J connectivity index is 4.26. The number of rotatable bonds is 55. The van der Waals surface area contributed by atoms with Crippen molar-refractivity contribution in [3.05, 3.63) is 0 Å². The second kappa shape index (κ2) is 53.8. The molecule has 1 atom stereocenters. The third-order valence-electron chi connectivity index (χ3n) is 14.0. The van der Waals surface area contributed by atoms with Gasteiger partial charge in [-0.1, -0.05) is 304 Å². The molecule has 0 spiro atoms. The zero-order valence-corrected chi connectivity index (χ0v) is 46.0. The lowest BCUT2D eigenvalue weighted by molar-refractivity contribution is -0.167. The van der Waals surface area contributed by atoms with E-state index in [4.69, 9.17) is 14.2 Å². The van der Waals surface area contributed by atoms with E-state index in [0.29, 0.717) is 19.3 Å². The third kappa shape index (κ3) is 55.2. The molecule has 0 aliphatic rings. The number of carbonyl (C=O) groups excluding carboxylic acids is 3. The Kier molecular flexibility index (Phi) is 52.5. The fraction of sp³-hybridized carbons (Fsp3) is 0.951. The second-order valence-corrected chi connectivity index (χ2v) is 21.9. The van der Waals surface area contributed by atoms with Crippen molar-refractivity contribution in [1.29, 1.82) is 0 Å². The molecule has 0 saturated carbocycles. The Morgan fingerprint density at radius 2 is 0.493 bits per heavy atom. The molecule has 0 rings (SSSR count). The van der Waals surface area contributed by atoms with E-state index in [2.05, 4.69) is 34.6 Å². The molecule has 0 aliphatic carbocycles. The van der Waals surface area contributed by atoms with Crippen LogP contribution in [0.4, 0.5) is 0 Å². The Morgan fingerprint density at radius 3 is 0.731 bits per heavy atom. The molecule has 0 saturated heterocycles. The second-order valence-electron chi connectivity index (χ2n) is 21.9. The molecule has 6 heteroatoms. The van der Waals surface area contributed by atoms with Gasteiger partial charge in [-0.05, 0) is 31.1 Å². The average Bonchev–Trinajstić information content (AvgIpc) is 3.30. The van der Waals surface area contributed by atoms with Crippen LogP contribution in [0.5, 0.6) is 0 Å². The minimum absolute atomic E-state index is 0.0622. The van der Waals surface area contributed by atoms with Crippen LogP contribution in [0.15, 0.2) is 0 Å². The van der Waals surface area contributed by atoms with Crippen LogP contribution in [-0.4, -0.2) is 37.2 Å². The van der Waals surface area contributed by atoms with Crippen molar-refractivity contribution in [3.8, 4) is 0 Å². The van der Waals surface area contributed by atoms with Crippen LogP contribution in [0.2, 0.25) is 0 Å². The van der Waals surface area contributed by atoms with Crippen molar-refractivity contribution in [1.82, 2.24) is 0 Å². The highest BCUT2D eigenvalue weighted by atomic mass is 16.6. The summed E-state index contributed by atoms with van der Waals surface area (Å²) in [5.74, 6) is 0.866. The summed E-state index contributed by atoms with van der Waals surface area (Å²) in [6.45, 7) is 11.4. The standard InChI is InChI=1S/C61H118O6/c1-6-7-8-9-10-11-12-26-31-36-41-46-51-59(62)65-54-58(55-66-60(63)52-47-42-37-32-27-22-19-15-17-21-25-30-35-40-45-50-57(4)5)67-61(64)53-48-43-38-33-28-23-18-14-13-16-20-24-29-34-39-44-49-56(2)3/h56-58H,6-55H2,1-5H3/t58-/m1/s1. The summed E-state index contributed by atoms with van der Waals surface area (Å²) in [6, 6.07) is 0. The lowest BCUT2D eigenvalue weighted by Gasteiger charge is -2.18. The normalized spacial score (nSPS) is 12.0. The van der Waals surface area contributed by atoms with Gasteiger partial charge in [0.25, 0.3) is 0 Å². The van der Waals surface area contributed by atoms with Crippen LogP contribution >= 0.6 is 0 Å². The third-order valence-corrected chi connectivity index (χ3v) is 14.0. The number of hydrogen-bond donors (Lipinski definition) is 0. The Hall–Kier alpha value is -1.59. The molecule has 0 aliphatic heterocycles. The Morgan fingerprint density at radius 1 is 0.284 bits per heavy atom. The smallest absolute Gasteiger partial charge is 0.306 e. The van der Waals surface area contributed by atoms with Crippen LogP contribution in [0.3, 0.4) is 0 Å². The number of carbonyl (C=O) groups is 3. The SMILES string of the molecule is CCCCCCCCCCCCCCC(=O)OC[C@H](COC(=O)CCCCCCCCCCCCCCCCCC(C)C)OC(=O)CCCCCCCCCCCCCCCCCCC(C)C. The summed E-state index contributed by atoms with van der Waals surface area (Å²) >= 11 is 0. The Labute approximate surface area is 418 Å². The summed E-state index contributed by atoms with van der Waals surface area (Å²) in [5, 5.41) is 0. The first kappa shape index (κ1) is 65.4. The highest BCUT2D eigenvalue weighted by molar-refractivity contribution is 5.71. The van der Waals surface area contributed by atoms with E-state index in [1.807, 2.05) is 0 Å². The topological polar surface area (TPSA) is 78.9 Å². The van der Waals surface area contributed by atoms with E-state index >= 15 is 0 Å². The molecule has 0 aromatic rings. The van der Waals surface area contributed by atoms with Gasteiger partial charge in [0.05, 0.1) is 0 Å². The molecule has 0 fully saturated rings. The fourth-order valence-corrected chi connectivity index (χ4v) is 9.40. The van der Waals surface area contributed by atoms with Gasteiger partial charge in [-0.15, -0.1) is 0 Å². The van der Waals surface area contributed by atoms with Gasteiger partial charge < -0.3 is 14.2 Å². The van der Waals surface area contributed by atoms with Gasteiger partial charge >= 0.3 is 17.9 Å². The predicted molar refractivity (Wildman–Crippen MR) is 289 cm³/mol. The zero-order chi connectivity index (χ0) is 48.9. The molecule has 6 nitrogen and oxygen atoms in total. The van der Waals surface area contributed by atoms with Crippen molar-refractivity contribution in [3.63, 3.8) is 0 Å². The highest BCUT2D eigenvalue weighted by Crippen LogP contribution is 2.19. The van der Waals surface area contributed by atoms with Crippen LogP contribution < -0.4 is 0 Å². The molecule has 0 aromatic carbocycles. The molecule has 0 radical (unpaired) electrons. The van der Waals surface area contributed by atoms with Crippen LogP contribution in [-0.2, 0) is 28.6 Å². The van der Waals surface area contributed by atoms with Crippen molar-refractivity contribution in [2.75, 3.05) is 13.2 Å². The molecular weight excluding hydrogens is 829 g/mol. The molecule has 0 aromatic heterocycles. The minimum atomic E-state index is -0.763. The van der Waals surface area contributed by atoms with Gasteiger partial charge in [-0.25, -0.2) is 0 Å². The van der Waals surface area contributed by atoms with E-state index < -0.39 is 6.10 Å². The van der Waals surface area contributed by atoms with Crippen LogP contribution in [0, 0.1) is 11.8 Å². The first-order valence-corrected chi connectivity index (χ1v) is 30.2. The average molecular weight is 948 g/mol. The molecule has 398 valence electrons. The number of ether oxygens (including phenoxy) is 3. The van der Waals surface area contributed by atoms with Crippen LogP contribution in [0.1, 0.15) is 343 Å². The van der Waals surface area contributed by atoms with E-state index in [1.165, 1.54) is 231 Å². The molecule has 0 bridgehead atoms. The maximum atomic E-state index is 12.9. The van der Waals surface area contributed by atoms with Crippen molar-refractivity contribution in [2.24, 2.45) is 11.8 Å². The van der Waals surface area contributed by atoms with Gasteiger partial charge in [-0.3, -0.25) is 14.4 Å². The summed E-state index contributed by atoms with van der Waals surface area (Å²) < 4.78 is 16.9. The first-order chi connectivity index (χ1) is 32.7. The van der Waals surface area contributed by atoms with E-state index in [-0.39, 0.29) is 31.1 Å². The molecule has 0 amide bonds. The number of hydrogen-bond acceptors (Lipinski definition) is 6. The maximum absolute atomic E-state index is 12.9. The molecule has 0 unspecified atom stereocenters. The largest absolute Gasteiger partial charge is 0.462 e. The lowest BCUT2D eigenvalue weighted by Crippen LogP contribution is -2.30.